The SMILES string of the molecule is CCC1C(=O)NC(C)C(=O)N1Cc1ccc(F)c(Br)c1. The second-order valence-electron chi connectivity index (χ2n) is 4.87. The molecule has 0 aliphatic carbocycles. The van der Waals surface area contributed by atoms with Crippen molar-refractivity contribution in [1.29, 1.82) is 0 Å². The van der Waals surface area contributed by atoms with Crippen LogP contribution in [0.3, 0.4) is 0 Å². The lowest BCUT2D eigenvalue weighted by Gasteiger charge is -2.37. The molecule has 1 aliphatic rings. The quantitative estimate of drug-likeness (QED) is 0.915. The van der Waals surface area contributed by atoms with Gasteiger partial charge in [-0.2, -0.15) is 0 Å². The van der Waals surface area contributed by atoms with Gasteiger partial charge in [0.2, 0.25) is 11.8 Å². The monoisotopic (exact) mass is 342 g/mol. The molecule has 6 heteroatoms. The molecule has 2 unspecified atom stereocenters. The molecule has 2 atom stereocenters. The van der Waals surface area contributed by atoms with E-state index in [1.807, 2.05) is 6.92 Å². The molecular formula is C14H16BrFN2O2. The number of nitrogens with zero attached hydrogens (tertiary/aromatic N) is 1. The molecule has 1 aromatic rings. The molecule has 1 heterocycles. The predicted molar refractivity (Wildman–Crippen MR) is 76.3 cm³/mol. The van der Waals surface area contributed by atoms with Crippen LogP contribution in [0.4, 0.5) is 4.39 Å². The van der Waals surface area contributed by atoms with E-state index in [4.69, 9.17) is 0 Å². The van der Waals surface area contributed by atoms with Crippen molar-refractivity contribution >= 4 is 27.7 Å². The fraction of sp³-hybridized carbons (Fsp3) is 0.429. The smallest absolute Gasteiger partial charge is 0.245 e. The van der Waals surface area contributed by atoms with Crippen LogP contribution >= 0.6 is 15.9 Å². The van der Waals surface area contributed by atoms with Crippen LogP contribution in [0.5, 0.6) is 0 Å². The summed E-state index contributed by atoms with van der Waals surface area (Å²) < 4.78 is 13.6. The number of carbonyl (C=O) groups is 2. The Bertz CT molecular complexity index is 550. The zero-order valence-electron chi connectivity index (χ0n) is 11.3. The summed E-state index contributed by atoms with van der Waals surface area (Å²) in [6.45, 7) is 3.83. The summed E-state index contributed by atoms with van der Waals surface area (Å²) in [7, 11) is 0. The number of rotatable bonds is 3. The number of hydrogen-bond donors (Lipinski definition) is 1. The zero-order chi connectivity index (χ0) is 14.9. The van der Waals surface area contributed by atoms with Gasteiger partial charge in [-0.3, -0.25) is 9.59 Å². The van der Waals surface area contributed by atoms with Gasteiger partial charge >= 0.3 is 0 Å². The molecule has 1 aromatic carbocycles. The van der Waals surface area contributed by atoms with Crippen molar-refractivity contribution in [1.82, 2.24) is 10.2 Å². The number of hydrogen-bond acceptors (Lipinski definition) is 2. The van der Waals surface area contributed by atoms with Crippen LogP contribution in [0.15, 0.2) is 22.7 Å². The summed E-state index contributed by atoms with van der Waals surface area (Å²) in [4.78, 5) is 25.7. The number of halogens is 2. The first-order chi connectivity index (χ1) is 9.43. The third-order valence-corrected chi connectivity index (χ3v) is 4.02. The maximum atomic E-state index is 13.2. The van der Waals surface area contributed by atoms with Crippen LogP contribution in [0.1, 0.15) is 25.8 Å². The number of piperazine rings is 1. The van der Waals surface area contributed by atoms with Gasteiger partial charge in [0.05, 0.1) is 4.47 Å². The summed E-state index contributed by atoms with van der Waals surface area (Å²) in [5.74, 6) is -0.602. The Morgan fingerprint density at radius 1 is 1.40 bits per heavy atom. The van der Waals surface area contributed by atoms with Crippen LogP contribution in [0.2, 0.25) is 0 Å². The lowest BCUT2D eigenvalue weighted by molar-refractivity contribution is -0.149. The largest absolute Gasteiger partial charge is 0.343 e. The van der Waals surface area contributed by atoms with E-state index in [9.17, 15) is 14.0 Å². The third kappa shape index (κ3) is 2.85. The first-order valence-corrected chi connectivity index (χ1v) is 7.28. The normalized spacial score (nSPS) is 22.9. The minimum atomic E-state index is -0.519. The molecule has 2 amide bonds. The molecule has 0 radical (unpaired) electrons. The van der Waals surface area contributed by atoms with E-state index in [1.165, 1.54) is 6.07 Å². The summed E-state index contributed by atoms with van der Waals surface area (Å²) in [5, 5.41) is 2.67. The second-order valence-corrected chi connectivity index (χ2v) is 5.72. The van der Waals surface area contributed by atoms with Crippen molar-refractivity contribution < 1.29 is 14.0 Å². The van der Waals surface area contributed by atoms with Crippen LogP contribution in [-0.4, -0.2) is 28.8 Å². The first kappa shape index (κ1) is 15.0. The Morgan fingerprint density at radius 3 is 2.70 bits per heavy atom. The van der Waals surface area contributed by atoms with Crippen molar-refractivity contribution in [3.63, 3.8) is 0 Å². The minimum absolute atomic E-state index is 0.114. The Morgan fingerprint density at radius 2 is 2.10 bits per heavy atom. The number of amides is 2. The van der Waals surface area contributed by atoms with Gasteiger partial charge in [0.25, 0.3) is 0 Å². The van der Waals surface area contributed by atoms with Gasteiger partial charge in [-0.15, -0.1) is 0 Å². The molecule has 0 aromatic heterocycles. The molecule has 1 N–H and O–H groups in total. The van der Waals surface area contributed by atoms with Crippen LogP contribution < -0.4 is 5.32 Å². The Hall–Kier alpha value is -1.43. The highest BCUT2D eigenvalue weighted by atomic mass is 79.9. The lowest BCUT2D eigenvalue weighted by atomic mass is 10.0. The highest BCUT2D eigenvalue weighted by Crippen LogP contribution is 2.21. The van der Waals surface area contributed by atoms with Crippen molar-refractivity contribution in [2.45, 2.75) is 38.9 Å². The molecule has 108 valence electrons. The van der Waals surface area contributed by atoms with Crippen molar-refractivity contribution in [2.75, 3.05) is 0 Å². The Kier molecular flexibility index (Phi) is 4.42. The summed E-state index contributed by atoms with van der Waals surface area (Å²) >= 11 is 3.12. The van der Waals surface area contributed by atoms with Gasteiger partial charge in [0.15, 0.2) is 0 Å². The number of carbonyl (C=O) groups excluding carboxylic acids is 2. The molecule has 2 rings (SSSR count). The average Bonchev–Trinajstić information content (AvgIpc) is 2.40. The Balaban J connectivity index is 2.25. The van der Waals surface area contributed by atoms with Crippen LogP contribution in [-0.2, 0) is 16.1 Å². The standard InChI is InChI=1S/C14H16BrFN2O2/c1-3-12-13(19)17-8(2)14(20)18(12)7-9-4-5-11(16)10(15)6-9/h4-6,8,12H,3,7H2,1-2H3,(H,17,19). The number of nitrogens with one attached hydrogen (secondary N) is 1. The van der Waals surface area contributed by atoms with E-state index in [0.29, 0.717) is 17.4 Å². The highest BCUT2D eigenvalue weighted by molar-refractivity contribution is 9.10. The van der Waals surface area contributed by atoms with E-state index >= 15 is 0 Å². The lowest BCUT2D eigenvalue weighted by Crippen LogP contribution is -2.61. The minimum Gasteiger partial charge on any atom is -0.343 e. The molecule has 0 spiro atoms. The van der Waals surface area contributed by atoms with Gasteiger partial charge in [0, 0.05) is 6.54 Å². The highest BCUT2D eigenvalue weighted by Gasteiger charge is 2.37. The van der Waals surface area contributed by atoms with E-state index in [2.05, 4.69) is 21.2 Å². The average molecular weight is 343 g/mol. The van der Waals surface area contributed by atoms with Gasteiger partial charge in [-0.25, -0.2) is 4.39 Å². The first-order valence-electron chi connectivity index (χ1n) is 6.48. The van der Waals surface area contributed by atoms with E-state index in [1.54, 1.807) is 24.0 Å². The summed E-state index contributed by atoms with van der Waals surface area (Å²) in [6, 6.07) is 3.61. The topological polar surface area (TPSA) is 49.4 Å². The molecule has 20 heavy (non-hydrogen) atoms. The van der Waals surface area contributed by atoms with E-state index in [0.717, 1.165) is 5.56 Å². The second kappa shape index (κ2) is 5.91. The molecule has 0 saturated carbocycles. The fourth-order valence-corrected chi connectivity index (χ4v) is 2.77. The maximum Gasteiger partial charge on any atom is 0.245 e. The van der Waals surface area contributed by atoms with Gasteiger partial charge < -0.3 is 10.2 Å². The van der Waals surface area contributed by atoms with Gasteiger partial charge in [0.1, 0.15) is 17.9 Å². The molecule has 1 saturated heterocycles. The Labute approximate surface area is 125 Å². The fourth-order valence-electron chi connectivity index (χ4n) is 2.34. The number of benzene rings is 1. The van der Waals surface area contributed by atoms with E-state index < -0.39 is 12.1 Å². The van der Waals surface area contributed by atoms with Gasteiger partial charge in [-0.1, -0.05) is 13.0 Å². The molecule has 1 fully saturated rings. The summed E-state index contributed by atoms with van der Waals surface area (Å²) in [5.41, 5.74) is 0.784. The molecule has 1 aliphatic heterocycles. The van der Waals surface area contributed by atoms with Crippen molar-refractivity contribution in [3.8, 4) is 0 Å². The van der Waals surface area contributed by atoms with Crippen molar-refractivity contribution in [2.24, 2.45) is 0 Å². The molecule has 0 bridgehead atoms. The predicted octanol–water partition coefficient (Wildman–Crippen LogP) is 2.21. The third-order valence-electron chi connectivity index (χ3n) is 3.41. The van der Waals surface area contributed by atoms with E-state index in [-0.39, 0.29) is 17.6 Å². The molecule has 4 nitrogen and oxygen atoms in total. The van der Waals surface area contributed by atoms with Crippen LogP contribution in [0.25, 0.3) is 0 Å². The molecular weight excluding hydrogens is 327 g/mol. The maximum absolute atomic E-state index is 13.2. The van der Waals surface area contributed by atoms with Crippen LogP contribution in [0, 0.1) is 5.82 Å². The summed E-state index contributed by atoms with van der Waals surface area (Å²) in [6.07, 6.45) is 0.548. The van der Waals surface area contributed by atoms with Gasteiger partial charge in [-0.05, 0) is 47.0 Å². The zero-order valence-corrected chi connectivity index (χ0v) is 12.9. The van der Waals surface area contributed by atoms with Crippen molar-refractivity contribution in [3.05, 3.63) is 34.1 Å².